The summed E-state index contributed by atoms with van der Waals surface area (Å²) >= 11 is 0. The van der Waals surface area contributed by atoms with Crippen LogP contribution in [0.4, 0.5) is 8.78 Å². The van der Waals surface area contributed by atoms with Gasteiger partial charge < -0.3 is 4.74 Å². The lowest BCUT2D eigenvalue weighted by Gasteiger charge is -2.38. The third-order valence-electron chi connectivity index (χ3n) is 8.60. The van der Waals surface area contributed by atoms with Crippen LogP contribution in [-0.2, 0) is 6.42 Å². The molecule has 0 aromatic heterocycles. The van der Waals surface area contributed by atoms with Gasteiger partial charge in [-0.15, -0.1) is 0 Å². The monoisotopic (exact) mass is 468 g/mol. The number of hydrogen-bond acceptors (Lipinski definition) is 1. The summed E-state index contributed by atoms with van der Waals surface area (Å²) < 4.78 is 33.9. The summed E-state index contributed by atoms with van der Waals surface area (Å²) in [5, 5.41) is 0. The average Bonchev–Trinajstić information content (AvgIpc) is 2.87. The Morgan fingerprint density at radius 1 is 0.706 bits per heavy atom. The van der Waals surface area contributed by atoms with Crippen molar-refractivity contribution in [1.82, 2.24) is 0 Å². The van der Waals surface area contributed by atoms with Crippen molar-refractivity contribution in [2.45, 2.75) is 90.9 Å². The third-order valence-corrected chi connectivity index (χ3v) is 8.60. The molecule has 2 fully saturated rings. The predicted octanol–water partition coefficient (Wildman–Crippen LogP) is 9.38. The van der Waals surface area contributed by atoms with Crippen LogP contribution in [0.15, 0.2) is 36.4 Å². The van der Waals surface area contributed by atoms with E-state index in [1.165, 1.54) is 82.3 Å². The summed E-state index contributed by atoms with van der Waals surface area (Å²) in [5.41, 5.74) is 2.28. The summed E-state index contributed by atoms with van der Waals surface area (Å²) in [5.74, 6) is 2.04. The fourth-order valence-electron chi connectivity index (χ4n) is 6.55. The first kappa shape index (κ1) is 25.2. The Bertz CT molecular complexity index is 890. The Balaban J connectivity index is 1.24. The van der Waals surface area contributed by atoms with Crippen molar-refractivity contribution >= 4 is 0 Å². The number of ether oxygens (including phenoxy) is 1. The van der Waals surface area contributed by atoms with Gasteiger partial charge in [-0.3, -0.25) is 0 Å². The lowest BCUT2D eigenvalue weighted by atomic mass is 9.68. The van der Waals surface area contributed by atoms with Crippen molar-refractivity contribution < 1.29 is 13.5 Å². The Labute approximate surface area is 205 Å². The van der Waals surface area contributed by atoms with E-state index in [9.17, 15) is 8.78 Å². The van der Waals surface area contributed by atoms with Gasteiger partial charge in [0.25, 0.3) is 0 Å². The number of benzene rings is 2. The van der Waals surface area contributed by atoms with Crippen molar-refractivity contribution in [2.24, 2.45) is 23.7 Å². The van der Waals surface area contributed by atoms with Gasteiger partial charge in [0, 0.05) is 5.56 Å². The molecule has 1 nitrogen and oxygen atoms in total. The molecule has 0 bridgehead atoms. The van der Waals surface area contributed by atoms with Crippen LogP contribution < -0.4 is 4.74 Å². The number of rotatable bonds is 9. The van der Waals surface area contributed by atoms with E-state index in [0.717, 1.165) is 30.1 Å². The molecule has 0 heterocycles. The average molecular weight is 469 g/mol. The zero-order valence-corrected chi connectivity index (χ0v) is 21.1. The van der Waals surface area contributed by atoms with Gasteiger partial charge in [0.2, 0.25) is 5.82 Å². The minimum absolute atomic E-state index is 0.0285. The fraction of sp³-hybridized carbons (Fsp3) is 0.613. The second kappa shape index (κ2) is 12.2. The SMILES string of the molecule is CCCC1CCC(C2CCC(CCc3ccc(-c4ccc(OCC)c(F)c4F)cc3)CC2)CC1. The molecule has 2 aromatic carbocycles. The lowest BCUT2D eigenvalue weighted by molar-refractivity contribution is 0.141. The van der Waals surface area contributed by atoms with Crippen molar-refractivity contribution in [3.05, 3.63) is 53.6 Å². The van der Waals surface area contributed by atoms with Crippen LogP contribution in [0.25, 0.3) is 11.1 Å². The normalized spacial score (nSPS) is 25.3. The largest absolute Gasteiger partial charge is 0.491 e. The van der Waals surface area contributed by atoms with E-state index >= 15 is 0 Å². The first-order valence-electron chi connectivity index (χ1n) is 13.8. The first-order chi connectivity index (χ1) is 16.6. The van der Waals surface area contributed by atoms with Crippen LogP contribution in [-0.4, -0.2) is 6.61 Å². The lowest BCUT2D eigenvalue weighted by Crippen LogP contribution is -2.26. The number of halogens is 2. The minimum Gasteiger partial charge on any atom is -0.491 e. The molecule has 2 aliphatic carbocycles. The van der Waals surface area contributed by atoms with Crippen LogP contribution in [0.5, 0.6) is 5.75 Å². The number of aryl methyl sites for hydroxylation is 1. The molecule has 34 heavy (non-hydrogen) atoms. The van der Waals surface area contributed by atoms with Gasteiger partial charge >= 0.3 is 0 Å². The quantitative estimate of drug-likeness (QED) is 0.356. The van der Waals surface area contributed by atoms with Crippen LogP contribution in [0.2, 0.25) is 0 Å². The number of hydrogen-bond donors (Lipinski definition) is 0. The molecular weight excluding hydrogens is 426 g/mol. The molecule has 2 aromatic rings. The highest BCUT2D eigenvalue weighted by Gasteiger charge is 2.30. The molecule has 0 radical (unpaired) electrons. The maximum Gasteiger partial charge on any atom is 0.201 e. The van der Waals surface area contributed by atoms with Crippen LogP contribution in [0.1, 0.15) is 90.0 Å². The molecule has 0 amide bonds. The van der Waals surface area contributed by atoms with Gasteiger partial charge in [0.15, 0.2) is 11.6 Å². The van der Waals surface area contributed by atoms with Crippen molar-refractivity contribution in [3.63, 3.8) is 0 Å². The minimum atomic E-state index is -0.909. The summed E-state index contributed by atoms with van der Waals surface area (Å²) in [4.78, 5) is 0. The van der Waals surface area contributed by atoms with E-state index in [2.05, 4.69) is 19.1 Å². The Kier molecular flexibility index (Phi) is 9.03. The third kappa shape index (κ3) is 6.20. The summed E-state index contributed by atoms with van der Waals surface area (Å²) in [6.07, 6.45) is 16.6. The van der Waals surface area contributed by atoms with Gasteiger partial charge in [-0.25, -0.2) is 4.39 Å². The van der Waals surface area contributed by atoms with E-state index in [0.29, 0.717) is 12.2 Å². The predicted molar refractivity (Wildman–Crippen MR) is 137 cm³/mol. The molecule has 0 atom stereocenters. The maximum absolute atomic E-state index is 14.5. The zero-order chi connectivity index (χ0) is 23.9. The molecule has 0 saturated heterocycles. The second-order valence-electron chi connectivity index (χ2n) is 10.8. The molecule has 0 unspecified atom stereocenters. The van der Waals surface area contributed by atoms with Crippen molar-refractivity contribution in [1.29, 1.82) is 0 Å². The van der Waals surface area contributed by atoms with E-state index in [-0.39, 0.29) is 11.3 Å². The fourth-order valence-corrected chi connectivity index (χ4v) is 6.55. The van der Waals surface area contributed by atoms with Crippen molar-refractivity contribution in [2.75, 3.05) is 6.61 Å². The molecule has 0 N–H and O–H groups in total. The Morgan fingerprint density at radius 3 is 1.85 bits per heavy atom. The molecule has 0 aliphatic heterocycles. The zero-order valence-electron chi connectivity index (χ0n) is 21.1. The van der Waals surface area contributed by atoms with E-state index < -0.39 is 11.6 Å². The van der Waals surface area contributed by atoms with Gasteiger partial charge in [-0.1, -0.05) is 69.7 Å². The van der Waals surface area contributed by atoms with Gasteiger partial charge in [-0.2, -0.15) is 4.39 Å². The Morgan fingerprint density at radius 2 is 1.29 bits per heavy atom. The maximum atomic E-state index is 14.5. The first-order valence-corrected chi connectivity index (χ1v) is 13.8. The molecular formula is C31H42F2O. The smallest absolute Gasteiger partial charge is 0.201 e. The Hall–Kier alpha value is -1.90. The van der Waals surface area contributed by atoms with Gasteiger partial charge in [0.05, 0.1) is 6.61 Å². The van der Waals surface area contributed by atoms with Gasteiger partial charge in [0.1, 0.15) is 0 Å². The molecule has 2 aliphatic rings. The topological polar surface area (TPSA) is 9.23 Å². The molecule has 4 rings (SSSR count). The van der Waals surface area contributed by atoms with Crippen LogP contribution in [0, 0.1) is 35.3 Å². The van der Waals surface area contributed by atoms with E-state index in [1.807, 2.05) is 12.1 Å². The molecule has 0 spiro atoms. The standard InChI is InChI=1S/C31H42F2O/c1-3-5-22-8-14-25(15-9-22)26-16-10-23(11-17-26)6-7-24-12-18-27(19-13-24)28-20-21-29(34-4-2)31(33)30(28)32/h12-13,18-23,25-26H,3-11,14-17H2,1-2H3. The second-order valence-corrected chi connectivity index (χ2v) is 10.8. The molecule has 186 valence electrons. The highest BCUT2D eigenvalue weighted by atomic mass is 19.2. The van der Waals surface area contributed by atoms with E-state index in [4.69, 9.17) is 4.74 Å². The molecule has 3 heteroatoms. The van der Waals surface area contributed by atoms with Crippen LogP contribution in [0.3, 0.4) is 0 Å². The van der Waals surface area contributed by atoms with Gasteiger partial charge in [-0.05, 0) is 92.4 Å². The highest BCUT2D eigenvalue weighted by Crippen LogP contribution is 2.43. The van der Waals surface area contributed by atoms with E-state index in [1.54, 1.807) is 13.0 Å². The van der Waals surface area contributed by atoms with Crippen LogP contribution >= 0.6 is 0 Å². The highest BCUT2D eigenvalue weighted by molar-refractivity contribution is 5.65. The summed E-state index contributed by atoms with van der Waals surface area (Å²) in [6.45, 7) is 4.39. The van der Waals surface area contributed by atoms with Crippen molar-refractivity contribution in [3.8, 4) is 16.9 Å². The molecule has 2 saturated carbocycles. The summed E-state index contributed by atoms with van der Waals surface area (Å²) in [6, 6.07) is 11.1. The summed E-state index contributed by atoms with van der Waals surface area (Å²) in [7, 11) is 0.